The molecule has 1 N–H and O–H groups in total. The van der Waals surface area contributed by atoms with E-state index in [0.717, 1.165) is 56.2 Å². The van der Waals surface area contributed by atoms with E-state index in [-0.39, 0.29) is 0 Å². The maximum Gasteiger partial charge on any atom is 0.132 e. The van der Waals surface area contributed by atoms with Crippen molar-refractivity contribution in [3.63, 3.8) is 0 Å². The second-order valence-electron chi connectivity index (χ2n) is 11.4. The molecule has 27 heavy (non-hydrogen) atoms. The molecule has 0 atom stereocenters. The van der Waals surface area contributed by atoms with Crippen molar-refractivity contribution in [3.05, 3.63) is 17.6 Å². The quantitative estimate of drug-likeness (QED) is 0.849. The smallest absolute Gasteiger partial charge is 0.132 e. The Bertz CT molecular complexity index is 670. The molecule has 0 spiro atoms. The molecule has 0 amide bonds. The van der Waals surface area contributed by atoms with Gasteiger partial charge in [0, 0.05) is 31.7 Å². The Morgan fingerprint density at radius 3 is 2.37 bits per heavy atom. The molecule has 6 rings (SSSR count). The molecule has 1 aromatic heterocycles. The van der Waals surface area contributed by atoms with Crippen LogP contribution < -0.4 is 5.32 Å². The highest BCUT2D eigenvalue weighted by molar-refractivity contribution is 5.47. The predicted octanol–water partition coefficient (Wildman–Crippen LogP) is 4.51. The summed E-state index contributed by atoms with van der Waals surface area (Å²) in [5, 5.41) is 3.82. The van der Waals surface area contributed by atoms with E-state index < -0.39 is 0 Å². The molecule has 4 heteroatoms. The molecule has 0 radical (unpaired) electrons. The first kappa shape index (κ1) is 17.9. The fraction of sp³-hybridized carbons (Fsp3) is 0.826. The zero-order valence-electron chi connectivity index (χ0n) is 17.4. The van der Waals surface area contributed by atoms with Crippen molar-refractivity contribution >= 4 is 5.82 Å². The van der Waals surface area contributed by atoms with Crippen LogP contribution in [0.25, 0.3) is 0 Å². The van der Waals surface area contributed by atoms with Crippen LogP contribution in [0.15, 0.2) is 6.33 Å². The number of aromatic nitrogens is 2. The van der Waals surface area contributed by atoms with Crippen molar-refractivity contribution in [1.82, 2.24) is 14.9 Å². The normalized spacial score (nSPS) is 35.3. The van der Waals surface area contributed by atoms with E-state index >= 15 is 0 Å². The summed E-state index contributed by atoms with van der Waals surface area (Å²) in [4.78, 5) is 11.9. The van der Waals surface area contributed by atoms with E-state index in [2.05, 4.69) is 41.0 Å². The van der Waals surface area contributed by atoms with Crippen LogP contribution in [0, 0.1) is 28.6 Å². The van der Waals surface area contributed by atoms with Crippen LogP contribution >= 0.6 is 0 Å². The zero-order valence-corrected chi connectivity index (χ0v) is 17.4. The van der Waals surface area contributed by atoms with Gasteiger partial charge in [-0.3, -0.25) is 4.90 Å². The average Bonchev–Trinajstić information content (AvgIpc) is 2.57. The van der Waals surface area contributed by atoms with E-state index in [1.54, 1.807) is 6.33 Å². The second kappa shape index (κ2) is 6.43. The molecule has 4 fully saturated rings. The first-order chi connectivity index (χ1) is 12.9. The Labute approximate surface area is 164 Å². The Morgan fingerprint density at radius 1 is 1.07 bits per heavy atom. The van der Waals surface area contributed by atoms with Crippen molar-refractivity contribution in [1.29, 1.82) is 0 Å². The van der Waals surface area contributed by atoms with Crippen molar-refractivity contribution in [2.45, 2.75) is 72.3 Å². The Morgan fingerprint density at radius 2 is 1.74 bits per heavy atom. The molecule has 0 saturated heterocycles. The third-order valence-corrected chi connectivity index (χ3v) is 7.58. The summed E-state index contributed by atoms with van der Waals surface area (Å²) in [5.41, 5.74) is 3.52. The van der Waals surface area contributed by atoms with E-state index in [0.29, 0.717) is 10.8 Å². The minimum Gasteiger partial charge on any atom is -0.369 e. The van der Waals surface area contributed by atoms with Gasteiger partial charge < -0.3 is 5.32 Å². The summed E-state index contributed by atoms with van der Waals surface area (Å²) in [6, 6.07) is 0. The minimum atomic E-state index is 0.337. The van der Waals surface area contributed by atoms with Crippen LogP contribution in [0.1, 0.15) is 70.6 Å². The molecule has 4 nitrogen and oxygen atoms in total. The summed E-state index contributed by atoms with van der Waals surface area (Å²) in [5.74, 6) is 4.18. The van der Waals surface area contributed by atoms with Crippen molar-refractivity contribution in [3.8, 4) is 0 Å². The first-order valence-corrected chi connectivity index (χ1v) is 11.2. The summed E-state index contributed by atoms with van der Waals surface area (Å²) >= 11 is 0. The number of hydrogen-bond donors (Lipinski definition) is 1. The molecule has 1 aliphatic heterocycles. The molecule has 0 unspecified atom stereocenters. The summed E-state index contributed by atoms with van der Waals surface area (Å²) in [6.07, 6.45) is 11.8. The van der Waals surface area contributed by atoms with Crippen LogP contribution in [0.4, 0.5) is 5.82 Å². The molecule has 4 saturated carbocycles. The lowest BCUT2D eigenvalue weighted by Crippen LogP contribution is -2.49. The van der Waals surface area contributed by atoms with Crippen LogP contribution in [0.2, 0.25) is 0 Å². The molecule has 4 aliphatic carbocycles. The van der Waals surface area contributed by atoms with Gasteiger partial charge in [-0.2, -0.15) is 0 Å². The van der Waals surface area contributed by atoms with Gasteiger partial charge in [-0.05, 0) is 73.5 Å². The number of anilines is 1. The topological polar surface area (TPSA) is 41.1 Å². The fourth-order valence-electron chi connectivity index (χ4n) is 7.14. The van der Waals surface area contributed by atoms with Crippen molar-refractivity contribution in [2.75, 3.05) is 25.0 Å². The van der Waals surface area contributed by atoms with Crippen molar-refractivity contribution in [2.24, 2.45) is 28.6 Å². The lowest BCUT2D eigenvalue weighted by molar-refractivity contribution is -0.0444. The number of hydrogen-bond acceptors (Lipinski definition) is 4. The average molecular weight is 369 g/mol. The number of rotatable bonds is 4. The third-order valence-electron chi connectivity index (χ3n) is 7.58. The Hall–Kier alpha value is -1.16. The van der Waals surface area contributed by atoms with Gasteiger partial charge in [-0.25, -0.2) is 9.97 Å². The van der Waals surface area contributed by atoms with Crippen LogP contribution in [-0.4, -0.2) is 34.5 Å². The first-order valence-electron chi connectivity index (χ1n) is 11.2. The second-order valence-corrected chi connectivity index (χ2v) is 11.4. The number of nitrogens with one attached hydrogen (secondary N) is 1. The van der Waals surface area contributed by atoms with Gasteiger partial charge in [0.05, 0.1) is 5.69 Å². The standard InChI is InChI=1S/C23H36N4/c1-22(2,3)14-27-5-4-19-20(12-27)25-15-26-21(19)24-13-23-9-16-6-17(10-23)8-18(7-16)11-23/h15-18H,4-14H2,1-3H3,(H,24,25,26). The van der Waals surface area contributed by atoms with Crippen molar-refractivity contribution < 1.29 is 0 Å². The van der Waals surface area contributed by atoms with Gasteiger partial charge in [-0.1, -0.05) is 20.8 Å². The van der Waals surface area contributed by atoms with Crippen LogP contribution in [0.5, 0.6) is 0 Å². The van der Waals surface area contributed by atoms with Gasteiger partial charge in [-0.15, -0.1) is 0 Å². The van der Waals surface area contributed by atoms with E-state index in [9.17, 15) is 0 Å². The summed E-state index contributed by atoms with van der Waals surface area (Å²) in [7, 11) is 0. The van der Waals surface area contributed by atoms with Crippen LogP contribution in [-0.2, 0) is 13.0 Å². The highest BCUT2D eigenvalue weighted by atomic mass is 15.2. The van der Waals surface area contributed by atoms with E-state index in [1.807, 2.05) is 0 Å². The molecular weight excluding hydrogens is 332 g/mol. The molecular formula is C23H36N4. The third kappa shape index (κ3) is 3.62. The molecule has 2 heterocycles. The molecule has 148 valence electrons. The Kier molecular flexibility index (Phi) is 4.27. The lowest BCUT2D eigenvalue weighted by Gasteiger charge is -2.57. The maximum atomic E-state index is 4.67. The Balaban J connectivity index is 1.28. The fourth-order valence-corrected chi connectivity index (χ4v) is 7.14. The maximum absolute atomic E-state index is 4.67. The molecule has 5 aliphatic rings. The van der Waals surface area contributed by atoms with Crippen LogP contribution in [0.3, 0.4) is 0 Å². The van der Waals surface area contributed by atoms with Gasteiger partial charge in [0.15, 0.2) is 0 Å². The summed E-state index contributed by atoms with van der Waals surface area (Å²) in [6.45, 7) is 11.3. The predicted molar refractivity (Wildman–Crippen MR) is 110 cm³/mol. The number of fused-ring (bicyclic) bond motifs is 1. The molecule has 4 bridgehead atoms. The van der Waals surface area contributed by atoms with E-state index in [4.69, 9.17) is 0 Å². The monoisotopic (exact) mass is 368 g/mol. The van der Waals surface area contributed by atoms with Gasteiger partial charge in [0.2, 0.25) is 0 Å². The largest absolute Gasteiger partial charge is 0.369 e. The zero-order chi connectivity index (χ0) is 18.6. The summed E-state index contributed by atoms with van der Waals surface area (Å²) < 4.78 is 0. The molecule has 0 aromatic carbocycles. The minimum absolute atomic E-state index is 0.337. The molecule has 1 aromatic rings. The van der Waals surface area contributed by atoms with E-state index in [1.165, 1.54) is 49.8 Å². The highest BCUT2D eigenvalue weighted by Crippen LogP contribution is 2.59. The highest BCUT2D eigenvalue weighted by Gasteiger charge is 2.50. The van der Waals surface area contributed by atoms with Gasteiger partial charge in [0.1, 0.15) is 12.1 Å². The SMILES string of the molecule is CC(C)(C)CN1CCc2c(ncnc2NCC23CC4CC(CC(C4)C2)C3)C1. The van der Waals surface area contributed by atoms with Gasteiger partial charge >= 0.3 is 0 Å². The number of nitrogens with zero attached hydrogens (tertiary/aromatic N) is 3. The van der Waals surface area contributed by atoms with Gasteiger partial charge in [0.25, 0.3) is 0 Å². The lowest BCUT2D eigenvalue weighted by atomic mass is 9.49.